The van der Waals surface area contributed by atoms with E-state index in [9.17, 15) is 0 Å². The summed E-state index contributed by atoms with van der Waals surface area (Å²) >= 11 is 15.5. The van der Waals surface area contributed by atoms with Gasteiger partial charge in [0.25, 0.3) is 0 Å². The molecule has 0 radical (unpaired) electrons. The predicted octanol–water partition coefficient (Wildman–Crippen LogP) is 7.33. The highest BCUT2D eigenvalue weighted by molar-refractivity contribution is 7.98. The van der Waals surface area contributed by atoms with Crippen molar-refractivity contribution in [2.24, 2.45) is 0 Å². The molecule has 1 atom stereocenters. The van der Waals surface area contributed by atoms with E-state index >= 15 is 0 Å². The maximum atomic E-state index is 6.25. The van der Waals surface area contributed by atoms with Gasteiger partial charge in [-0.25, -0.2) is 4.98 Å². The van der Waals surface area contributed by atoms with Crippen LogP contribution in [0.25, 0.3) is 10.6 Å². The lowest BCUT2D eigenvalue weighted by atomic mass is 10.2. The van der Waals surface area contributed by atoms with E-state index in [0.717, 1.165) is 21.4 Å². The molecule has 2 heterocycles. The zero-order valence-electron chi connectivity index (χ0n) is 17.2. The molecule has 0 spiro atoms. The van der Waals surface area contributed by atoms with Crippen LogP contribution in [0.3, 0.4) is 0 Å². The number of rotatable bonds is 9. The summed E-state index contributed by atoms with van der Waals surface area (Å²) in [4.78, 5) is 4.76. The van der Waals surface area contributed by atoms with Gasteiger partial charge < -0.3 is 4.74 Å². The average Bonchev–Trinajstić information content (AvgIpc) is 3.42. The molecule has 5 nitrogen and oxygen atoms in total. The summed E-state index contributed by atoms with van der Waals surface area (Å²) in [7, 11) is 0. The van der Waals surface area contributed by atoms with E-state index in [-0.39, 0.29) is 6.10 Å². The topological polar surface area (TPSA) is 52.8 Å². The molecule has 4 rings (SSSR count). The summed E-state index contributed by atoms with van der Waals surface area (Å²) in [5, 5.41) is 13.6. The van der Waals surface area contributed by atoms with Crippen LogP contribution in [0.2, 0.25) is 10.0 Å². The first-order chi connectivity index (χ1) is 15.5. The fourth-order valence-electron chi connectivity index (χ4n) is 3.05. The zero-order chi connectivity index (χ0) is 22.5. The molecule has 0 saturated heterocycles. The summed E-state index contributed by atoms with van der Waals surface area (Å²) in [5.41, 5.74) is 2.13. The average molecular weight is 503 g/mol. The van der Waals surface area contributed by atoms with Gasteiger partial charge in [-0.2, -0.15) is 0 Å². The Bertz CT molecular complexity index is 1210. The molecule has 2 aromatic carbocycles. The first-order valence-corrected chi connectivity index (χ1v) is 12.5. The number of aromatic nitrogens is 4. The number of allylic oxidation sites excluding steroid dienone is 1. The van der Waals surface area contributed by atoms with Crippen LogP contribution in [0.15, 0.2) is 71.7 Å². The molecule has 0 fully saturated rings. The van der Waals surface area contributed by atoms with Crippen molar-refractivity contribution in [3.63, 3.8) is 0 Å². The van der Waals surface area contributed by atoms with Crippen LogP contribution in [0.1, 0.15) is 24.5 Å². The Balaban J connectivity index is 1.48. The lowest BCUT2D eigenvalue weighted by molar-refractivity contribution is 0.210. The second-order valence-electron chi connectivity index (χ2n) is 6.87. The van der Waals surface area contributed by atoms with Crippen molar-refractivity contribution >= 4 is 46.3 Å². The van der Waals surface area contributed by atoms with Gasteiger partial charge in [0.15, 0.2) is 17.1 Å². The van der Waals surface area contributed by atoms with E-state index in [2.05, 4.69) is 34.3 Å². The molecule has 0 aliphatic carbocycles. The molecule has 4 aromatic rings. The lowest BCUT2D eigenvalue weighted by Gasteiger charge is -2.16. The molecule has 9 heteroatoms. The van der Waals surface area contributed by atoms with Crippen LogP contribution in [-0.2, 0) is 12.3 Å². The minimum Gasteiger partial charge on any atom is -0.481 e. The van der Waals surface area contributed by atoms with E-state index in [0.29, 0.717) is 33.9 Å². The normalized spacial score (nSPS) is 12.0. The molecule has 2 aromatic heterocycles. The number of nitrogens with zero attached hydrogens (tertiary/aromatic N) is 4. The van der Waals surface area contributed by atoms with Crippen molar-refractivity contribution < 1.29 is 4.74 Å². The molecule has 32 heavy (non-hydrogen) atoms. The highest BCUT2D eigenvalue weighted by Gasteiger charge is 2.20. The van der Waals surface area contributed by atoms with Crippen molar-refractivity contribution in [2.45, 2.75) is 30.5 Å². The van der Waals surface area contributed by atoms with E-state index in [1.807, 2.05) is 35.8 Å². The van der Waals surface area contributed by atoms with Crippen LogP contribution < -0.4 is 4.74 Å². The van der Waals surface area contributed by atoms with Crippen LogP contribution in [-0.4, -0.2) is 19.7 Å². The first kappa shape index (κ1) is 22.9. The maximum absolute atomic E-state index is 6.25. The third-order valence-electron chi connectivity index (χ3n) is 4.54. The maximum Gasteiger partial charge on any atom is 0.192 e. The van der Waals surface area contributed by atoms with Crippen molar-refractivity contribution in [3.05, 3.63) is 88.1 Å². The van der Waals surface area contributed by atoms with Gasteiger partial charge in [-0.1, -0.05) is 71.4 Å². The van der Waals surface area contributed by atoms with Gasteiger partial charge in [-0.3, -0.25) is 4.57 Å². The van der Waals surface area contributed by atoms with Crippen LogP contribution in [0, 0.1) is 0 Å². The Kier molecular flexibility index (Phi) is 7.52. The number of thiazole rings is 1. The molecule has 0 saturated carbocycles. The highest BCUT2D eigenvalue weighted by Crippen LogP contribution is 2.32. The molecular formula is C23H20Cl2N4OS2. The number of thioether (sulfide) groups is 1. The molecule has 0 aliphatic heterocycles. The zero-order valence-corrected chi connectivity index (χ0v) is 20.4. The quantitative estimate of drug-likeness (QED) is 0.177. The van der Waals surface area contributed by atoms with Crippen molar-refractivity contribution in [1.82, 2.24) is 19.7 Å². The Labute approximate surface area is 205 Å². The minimum atomic E-state index is -0.362. The van der Waals surface area contributed by atoms with E-state index < -0.39 is 0 Å². The Hall–Kier alpha value is -2.32. The van der Waals surface area contributed by atoms with Crippen LogP contribution in [0.4, 0.5) is 0 Å². The summed E-state index contributed by atoms with van der Waals surface area (Å²) in [6.45, 7) is 6.35. The molecule has 164 valence electrons. The number of ether oxygens (including phenoxy) is 1. The third-order valence-corrected chi connectivity index (χ3v) is 7.01. The number of halogens is 2. The van der Waals surface area contributed by atoms with Crippen LogP contribution in [0.5, 0.6) is 5.75 Å². The van der Waals surface area contributed by atoms with Gasteiger partial charge in [-0.05, 0) is 25.1 Å². The van der Waals surface area contributed by atoms with Crippen LogP contribution >= 0.6 is 46.3 Å². The number of hydrogen-bond acceptors (Lipinski definition) is 6. The Morgan fingerprint density at radius 1 is 1.19 bits per heavy atom. The third kappa shape index (κ3) is 5.35. The minimum absolute atomic E-state index is 0.362. The summed E-state index contributed by atoms with van der Waals surface area (Å²) in [6, 6.07) is 15.3. The van der Waals surface area contributed by atoms with E-state index in [1.54, 1.807) is 41.3 Å². The Morgan fingerprint density at radius 2 is 2.00 bits per heavy atom. The van der Waals surface area contributed by atoms with Gasteiger partial charge in [0.1, 0.15) is 10.8 Å². The number of benzene rings is 2. The summed E-state index contributed by atoms with van der Waals surface area (Å²) in [5.74, 6) is 1.93. The predicted molar refractivity (Wildman–Crippen MR) is 133 cm³/mol. The van der Waals surface area contributed by atoms with Crippen molar-refractivity contribution in [3.8, 4) is 16.3 Å². The molecule has 0 aliphatic rings. The molecular weight excluding hydrogens is 483 g/mol. The monoisotopic (exact) mass is 502 g/mol. The second-order valence-corrected chi connectivity index (χ2v) is 9.52. The highest BCUT2D eigenvalue weighted by atomic mass is 35.5. The first-order valence-electron chi connectivity index (χ1n) is 9.83. The van der Waals surface area contributed by atoms with Gasteiger partial charge in [-0.15, -0.1) is 28.1 Å². The van der Waals surface area contributed by atoms with Gasteiger partial charge >= 0.3 is 0 Å². The SMILES string of the molecule is C=CCn1c(SCc2csc(-c3ccccc3)n2)nnc1C(C)Oc1ccc(Cl)cc1Cl. The largest absolute Gasteiger partial charge is 0.481 e. The lowest BCUT2D eigenvalue weighted by Crippen LogP contribution is -2.12. The number of hydrogen-bond donors (Lipinski definition) is 0. The molecule has 0 amide bonds. The van der Waals surface area contributed by atoms with Gasteiger partial charge in [0, 0.05) is 28.3 Å². The van der Waals surface area contributed by atoms with Crippen molar-refractivity contribution in [2.75, 3.05) is 0 Å². The smallest absolute Gasteiger partial charge is 0.192 e. The second kappa shape index (κ2) is 10.5. The van der Waals surface area contributed by atoms with E-state index in [1.165, 1.54) is 0 Å². The molecule has 0 N–H and O–H groups in total. The fraction of sp³-hybridized carbons (Fsp3) is 0.174. The van der Waals surface area contributed by atoms with E-state index in [4.69, 9.17) is 32.9 Å². The van der Waals surface area contributed by atoms with Crippen molar-refractivity contribution in [1.29, 1.82) is 0 Å². The summed E-state index contributed by atoms with van der Waals surface area (Å²) < 4.78 is 8.03. The molecule has 0 bridgehead atoms. The van der Waals surface area contributed by atoms with Gasteiger partial charge in [0.05, 0.1) is 10.7 Å². The fourth-order valence-corrected chi connectivity index (χ4v) is 5.28. The Morgan fingerprint density at radius 3 is 2.75 bits per heavy atom. The van der Waals surface area contributed by atoms with Gasteiger partial charge in [0.2, 0.25) is 0 Å². The standard InChI is InChI=1S/C23H20Cl2N4OS2/c1-3-11-29-21(15(2)30-20-10-9-17(24)12-19(20)25)27-28-23(29)32-14-18-13-31-22(26-18)16-7-5-4-6-8-16/h3-10,12-13,15H,1,11,14H2,2H3. The summed E-state index contributed by atoms with van der Waals surface area (Å²) in [6.07, 6.45) is 1.45. The molecule has 1 unspecified atom stereocenters.